The van der Waals surface area contributed by atoms with E-state index in [0.29, 0.717) is 0 Å². The molecule has 0 bridgehead atoms. The van der Waals surface area contributed by atoms with Crippen molar-refractivity contribution in [3.63, 3.8) is 0 Å². The van der Waals surface area contributed by atoms with Crippen LogP contribution in [0.3, 0.4) is 0 Å². The average molecular weight is 165 g/mol. The third-order valence-electron chi connectivity index (χ3n) is 2.36. The molecule has 12 heavy (non-hydrogen) atoms. The van der Waals surface area contributed by atoms with Gasteiger partial charge in [-0.3, -0.25) is 4.79 Å². The maximum Gasteiger partial charge on any atom is 0.169 e. The van der Waals surface area contributed by atoms with Gasteiger partial charge in [0.2, 0.25) is 0 Å². The van der Waals surface area contributed by atoms with E-state index in [1.54, 1.807) is 12.4 Å². The van der Waals surface area contributed by atoms with Gasteiger partial charge < -0.3 is 4.98 Å². The molecule has 0 amide bonds. The third kappa shape index (κ3) is 1.58. The molecular weight excluding hydrogens is 150 g/mol. The zero-order valence-electron chi connectivity index (χ0n) is 7.85. The van der Waals surface area contributed by atoms with Gasteiger partial charge in [0, 0.05) is 23.4 Å². The van der Waals surface area contributed by atoms with E-state index in [2.05, 4.69) is 4.98 Å². The van der Waals surface area contributed by atoms with Crippen molar-refractivity contribution in [1.82, 2.24) is 4.98 Å². The number of ketones is 1. The first-order valence-corrected chi connectivity index (χ1v) is 4.25. The zero-order chi connectivity index (χ0) is 9.19. The van der Waals surface area contributed by atoms with Crippen molar-refractivity contribution in [3.05, 3.63) is 24.0 Å². The van der Waals surface area contributed by atoms with Crippen LogP contribution in [0.4, 0.5) is 0 Å². The number of rotatable bonds is 3. The Morgan fingerprint density at radius 3 is 2.67 bits per heavy atom. The lowest BCUT2D eigenvalue weighted by molar-refractivity contribution is 0.0833. The van der Waals surface area contributed by atoms with Crippen LogP contribution in [0.2, 0.25) is 0 Å². The fourth-order valence-electron chi connectivity index (χ4n) is 1.02. The lowest BCUT2D eigenvalue weighted by Crippen LogP contribution is -2.22. The summed E-state index contributed by atoms with van der Waals surface area (Å²) in [6.45, 7) is 5.98. The van der Waals surface area contributed by atoms with E-state index in [1.807, 2.05) is 26.8 Å². The topological polar surface area (TPSA) is 32.9 Å². The Morgan fingerprint density at radius 2 is 2.25 bits per heavy atom. The third-order valence-corrected chi connectivity index (χ3v) is 2.36. The van der Waals surface area contributed by atoms with E-state index in [1.165, 1.54) is 0 Å². The number of hydrogen-bond acceptors (Lipinski definition) is 1. The number of Topliss-reactive ketones (excluding diaryl/α,β-unsaturated/α-hetero) is 1. The van der Waals surface area contributed by atoms with Gasteiger partial charge in [0.15, 0.2) is 5.78 Å². The molecule has 0 fully saturated rings. The van der Waals surface area contributed by atoms with E-state index in [0.717, 1.165) is 12.0 Å². The smallest absolute Gasteiger partial charge is 0.169 e. The molecule has 0 radical (unpaired) electrons. The summed E-state index contributed by atoms with van der Waals surface area (Å²) in [6.07, 6.45) is 4.40. The minimum Gasteiger partial charge on any atom is -0.367 e. The lowest BCUT2D eigenvalue weighted by Gasteiger charge is -2.19. The molecule has 0 atom stereocenters. The number of carbonyl (C=O) groups is 1. The summed E-state index contributed by atoms with van der Waals surface area (Å²) in [5, 5.41) is 0. The molecular formula is C10H15NO. The van der Waals surface area contributed by atoms with Crippen LogP contribution in [0.5, 0.6) is 0 Å². The summed E-state index contributed by atoms with van der Waals surface area (Å²) in [4.78, 5) is 14.6. The molecule has 0 spiro atoms. The molecule has 0 saturated carbocycles. The predicted octanol–water partition coefficient (Wildman–Crippen LogP) is 2.63. The normalized spacial score (nSPS) is 11.6. The first-order chi connectivity index (χ1) is 5.58. The van der Waals surface area contributed by atoms with Crippen molar-refractivity contribution in [2.24, 2.45) is 5.41 Å². The number of H-pyrrole nitrogens is 1. The van der Waals surface area contributed by atoms with E-state index < -0.39 is 0 Å². The predicted molar refractivity (Wildman–Crippen MR) is 49.2 cm³/mol. The Kier molecular flexibility index (Phi) is 2.36. The molecule has 0 saturated heterocycles. The van der Waals surface area contributed by atoms with E-state index >= 15 is 0 Å². The van der Waals surface area contributed by atoms with Crippen LogP contribution in [0.1, 0.15) is 37.6 Å². The Hall–Kier alpha value is -1.05. The standard InChI is InChI=1S/C10H15NO/c1-4-10(2,3)9(12)8-5-6-11-7-8/h5-7,11H,4H2,1-3H3. The van der Waals surface area contributed by atoms with Gasteiger partial charge in [-0.05, 0) is 12.5 Å². The first kappa shape index (κ1) is 9.04. The van der Waals surface area contributed by atoms with Gasteiger partial charge in [0.25, 0.3) is 0 Å². The largest absolute Gasteiger partial charge is 0.367 e. The van der Waals surface area contributed by atoms with Gasteiger partial charge in [-0.2, -0.15) is 0 Å². The Labute approximate surface area is 73.0 Å². The van der Waals surface area contributed by atoms with Gasteiger partial charge in [-0.25, -0.2) is 0 Å². The molecule has 0 aliphatic carbocycles. The highest BCUT2D eigenvalue weighted by Gasteiger charge is 2.26. The van der Waals surface area contributed by atoms with Crippen molar-refractivity contribution in [1.29, 1.82) is 0 Å². The van der Waals surface area contributed by atoms with E-state index in [4.69, 9.17) is 0 Å². The number of aromatic amines is 1. The van der Waals surface area contributed by atoms with Gasteiger partial charge >= 0.3 is 0 Å². The molecule has 1 aromatic rings. The number of carbonyl (C=O) groups excluding carboxylic acids is 1. The van der Waals surface area contributed by atoms with Crippen LogP contribution in [-0.2, 0) is 0 Å². The lowest BCUT2D eigenvalue weighted by atomic mass is 9.83. The molecule has 1 heterocycles. The van der Waals surface area contributed by atoms with Crippen molar-refractivity contribution in [3.8, 4) is 0 Å². The van der Waals surface area contributed by atoms with Crippen molar-refractivity contribution in [2.45, 2.75) is 27.2 Å². The van der Waals surface area contributed by atoms with Crippen molar-refractivity contribution >= 4 is 5.78 Å². The second-order valence-electron chi connectivity index (χ2n) is 3.67. The highest BCUT2D eigenvalue weighted by molar-refractivity contribution is 5.99. The SMILES string of the molecule is CCC(C)(C)C(=O)c1cc[nH]c1. The van der Waals surface area contributed by atoms with Crippen LogP contribution in [-0.4, -0.2) is 10.8 Å². The van der Waals surface area contributed by atoms with Crippen molar-refractivity contribution < 1.29 is 4.79 Å². The zero-order valence-corrected chi connectivity index (χ0v) is 7.85. The molecule has 0 unspecified atom stereocenters. The number of aromatic nitrogens is 1. The molecule has 0 aliphatic rings. The first-order valence-electron chi connectivity index (χ1n) is 4.25. The second-order valence-corrected chi connectivity index (χ2v) is 3.67. The quantitative estimate of drug-likeness (QED) is 0.686. The molecule has 2 heteroatoms. The minimum absolute atomic E-state index is 0.214. The van der Waals surface area contributed by atoms with Gasteiger partial charge in [0.1, 0.15) is 0 Å². The molecule has 0 aliphatic heterocycles. The van der Waals surface area contributed by atoms with Crippen LogP contribution in [0.25, 0.3) is 0 Å². The Bertz CT molecular complexity index is 259. The summed E-state index contributed by atoms with van der Waals surface area (Å²) in [5.41, 5.74) is 0.546. The molecule has 2 nitrogen and oxygen atoms in total. The van der Waals surface area contributed by atoms with E-state index in [9.17, 15) is 4.79 Å². The van der Waals surface area contributed by atoms with Gasteiger partial charge in [-0.1, -0.05) is 20.8 Å². The summed E-state index contributed by atoms with van der Waals surface area (Å²) >= 11 is 0. The molecule has 1 rings (SSSR count). The summed E-state index contributed by atoms with van der Waals surface area (Å²) in [6, 6.07) is 1.82. The van der Waals surface area contributed by atoms with Crippen LogP contribution < -0.4 is 0 Å². The fraction of sp³-hybridized carbons (Fsp3) is 0.500. The monoisotopic (exact) mass is 165 g/mol. The van der Waals surface area contributed by atoms with Crippen LogP contribution >= 0.6 is 0 Å². The Morgan fingerprint density at radius 1 is 1.58 bits per heavy atom. The molecule has 0 aromatic carbocycles. The Balaban J connectivity index is 2.86. The fourth-order valence-corrected chi connectivity index (χ4v) is 1.02. The molecule has 66 valence electrons. The highest BCUT2D eigenvalue weighted by Crippen LogP contribution is 2.24. The number of hydrogen-bond donors (Lipinski definition) is 1. The second kappa shape index (κ2) is 3.13. The van der Waals surface area contributed by atoms with Crippen LogP contribution in [0, 0.1) is 5.41 Å². The summed E-state index contributed by atoms with van der Waals surface area (Å²) < 4.78 is 0. The average Bonchev–Trinajstić information content (AvgIpc) is 2.55. The van der Waals surface area contributed by atoms with Crippen molar-refractivity contribution in [2.75, 3.05) is 0 Å². The maximum atomic E-state index is 11.7. The van der Waals surface area contributed by atoms with Crippen LogP contribution in [0.15, 0.2) is 18.5 Å². The highest BCUT2D eigenvalue weighted by atomic mass is 16.1. The molecule has 1 N–H and O–H groups in total. The summed E-state index contributed by atoms with van der Waals surface area (Å²) in [7, 11) is 0. The minimum atomic E-state index is -0.234. The summed E-state index contributed by atoms with van der Waals surface area (Å²) in [5.74, 6) is 0.214. The van der Waals surface area contributed by atoms with Gasteiger partial charge in [0.05, 0.1) is 0 Å². The molecule has 1 aromatic heterocycles. The van der Waals surface area contributed by atoms with Gasteiger partial charge in [-0.15, -0.1) is 0 Å². The maximum absolute atomic E-state index is 11.7. The number of nitrogens with one attached hydrogen (secondary N) is 1. The van der Waals surface area contributed by atoms with E-state index in [-0.39, 0.29) is 11.2 Å².